The van der Waals surface area contributed by atoms with E-state index < -0.39 is 11.7 Å². The summed E-state index contributed by atoms with van der Waals surface area (Å²) in [7, 11) is 1.57. The molecule has 0 radical (unpaired) electrons. The predicted octanol–water partition coefficient (Wildman–Crippen LogP) is 1.98. The fourth-order valence-electron chi connectivity index (χ4n) is 1.92. The molecule has 5 heteroatoms. The van der Waals surface area contributed by atoms with Gasteiger partial charge in [-0.1, -0.05) is 6.92 Å². The van der Waals surface area contributed by atoms with E-state index in [1.54, 1.807) is 42.0 Å². The SMILES string of the molecule is CCSCCN1C(=O)C(=O)c2ccc(OC)cc21. The molecule has 1 aromatic carbocycles. The monoisotopic (exact) mass is 265 g/mol. The van der Waals surface area contributed by atoms with Crippen LogP contribution in [-0.4, -0.2) is 36.9 Å². The number of hydrogen-bond donors (Lipinski definition) is 0. The number of thioether (sulfide) groups is 1. The van der Waals surface area contributed by atoms with Crippen molar-refractivity contribution < 1.29 is 14.3 Å². The third-order valence-corrected chi connectivity index (χ3v) is 3.72. The Morgan fingerprint density at radius 2 is 2.11 bits per heavy atom. The van der Waals surface area contributed by atoms with Crippen LogP contribution >= 0.6 is 11.8 Å². The second-order valence-corrected chi connectivity index (χ2v) is 5.26. The molecule has 0 fully saturated rings. The van der Waals surface area contributed by atoms with Crippen LogP contribution in [0, 0.1) is 0 Å². The van der Waals surface area contributed by atoms with Crippen LogP contribution in [0.3, 0.4) is 0 Å². The molecule has 0 aliphatic carbocycles. The average Bonchev–Trinajstić information content (AvgIpc) is 2.63. The highest BCUT2D eigenvalue weighted by Crippen LogP contribution is 2.32. The molecular formula is C13H15NO3S. The third-order valence-electron chi connectivity index (χ3n) is 2.84. The van der Waals surface area contributed by atoms with E-state index in [0.29, 0.717) is 23.5 Å². The summed E-state index contributed by atoms with van der Waals surface area (Å²) in [6, 6.07) is 5.10. The number of methoxy groups -OCH3 is 1. The number of ketones is 1. The van der Waals surface area contributed by atoms with Gasteiger partial charge in [-0.3, -0.25) is 9.59 Å². The van der Waals surface area contributed by atoms with Gasteiger partial charge in [0.15, 0.2) is 0 Å². The molecule has 0 aromatic heterocycles. The Bertz CT molecular complexity index is 487. The Balaban J connectivity index is 2.27. The van der Waals surface area contributed by atoms with E-state index >= 15 is 0 Å². The lowest BCUT2D eigenvalue weighted by Crippen LogP contribution is -2.31. The Kier molecular flexibility index (Phi) is 3.91. The topological polar surface area (TPSA) is 46.6 Å². The fourth-order valence-corrected chi connectivity index (χ4v) is 2.52. The van der Waals surface area contributed by atoms with Gasteiger partial charge in [0.2, 0.25) is 0 Å². The van der Waals surface area contributed by atoms with E-state index in [1.165, 1.54) is 0 Å². The number of benzene rings is 1. The first-order chi connectivity index (χ1) is 8.69. The number of carbonyl (C=O) groups excluding carboxylic acids is 2. The summed E-state index contributed by atoms with van der Waals surface area (Å²) in [5.41, 5.74) is 1.14. The summed E-state index contributed by atoms with van der Waals surface area (Å²) in [6.07, 6.45) is 0. The van der Waals surface area contributed by atoms with Gasteiger partial charge in [-0.25, -0.2) is 0 Å². The second-order valence-electron chi connectivity index (χ2n) is 3.87. The molecule has 0 unspecified atom stereocenters. The molecule has 2 rings (SSSR count). The summed E-state index contributed by atoms with van der Waals surface area (Å²) in [4.78, 5) is 25.2. The minimum Gasteiger partial charge on any atom is -0.497 e. The molecule has 1 aliphatic heterocycles. The highest BCUT2D eigenvalue weighted by atomic mass is 32.2. The number of hydrogen-bond acceptors (Lipinski definition) is 4. The molecule has 0 bridgehead atoms. The first-order valence-electron chi connectivity index (χ1n) is 5.81. The van der Waals surface area contributed by atoms with E-state index in [9.17, 15) is 9.59 Å². The summed E-state index contributed by atoms with van der Waals surface area (Å²) in [6.45, 7) is 2.63. The van der Waals surface area contributed by atoms with E-state index in [0.717, 1.165) is 11.5 Å². The lowest BCUT2D eigenvalue weighted by Gasteiger charge is -2.16. The van der Waals surface area contributed by atoms with Crippen molar-refractivity contribution in [2.45, 2.75) is 6.92 Å². The van der Waals surface area contributed by atoms with Crippen molar-refractivity contribution in [3.8, 4) is 5.75 Å². The lowest BCUT2D eigenvalue weighted by molar-refractivity contribution is -0.114. The Morgan fingerprint density at radius 3 is 2.78 bits per heavy atom. The van der Waals surface area contributed by atoms with Gasteiger partial charge in [-0.15, -0.1) is 0 Å². The molecule has 0 saturated heterocycles. The van der Waals surface area contributed by atoms with Crippen LogP contribution < -0.4 is 9.64 Å². The standard InChI is InChI=1S/C13H15NO3S/c1-3-18-7-6-14-11-8-9(17-2)4-5-10(11)12(15)13(14)16/h4-5,8H,3,6-7H2,1-2H3. The Labute approximate surface area is 110 Å². The summed E-state index contributed by atoms with van der Waals surface area (Å²) >= 11 is 1.75. The molecule has 96 valence electrons. The van der Waals surface area contributed by atoms with Crippen LogP contribution in [0.4, 0.5) is 5.69 Å². The van der Waals surface area contributed by atoms with E-state index in [-0.39, 0.29) is 0 Å². The Hall–Kier alpha value is -1.49. The summed E-state index contributed by atoms with van der Waals surface area (Å²) in [5, 5.41) is 0. The number of ether oxygens (including phenoxy) is 1. The minimum absolute atomic E-state index is 0.422. The number of amides is 1. The van der Waals surface area contributed by atoms with Crippen molar-refractivity contribution in [3.63, 3.8) is 0 Å². The Morgan fingerprint density at radius 1 is 1.33 bits per heavy atom. The summed E-state index contributed by atoms with van der Waals surface area (Å²) in [5.74, 6) is 1.63. The smallest absolute Gasteiger partial charge is 0.299 e. The van der Waals surface area contributed by atoms with Crippen LogP contribution in [-0.2, 0) is 4.79 Å². The number of rotatable bonds is 5. The first-order valence-corrected chi connectivity index (χ1v) is 6.96. The zero-order valence-corrected chi connectivity index (χ0v) is 11.3. The van der Waals surface area contributed by atoms with Gasteiger partial charge in [0.25, 0.3) is 11.7 Å². The molecular weight excluding hydrogens is 250 g/mol. The molecule has 0 N–H and O–H groups in total. The van der Waals surface area contributed by atoms with Crippen LogP contribution in [0.25, 0.3) is 0 Å². The maximum absolute atomic E-state index is 11.9. The zero-order valence-electron chi connectivity index (χ0n) is 10.4. The first kappa shape index (κ1) is 13.0. The number of Topliss-reactive ketones (excluding diaryl/α,β-unsaturated/α-hetero) is 1. The molecule has 0 spiro atoms. The molecule has 1 amide bonds. The van der Waals surface area contributed by atoms with Gasteiger partial charge in [0.1, 0.15) is 5.75 Å². The number of fused-ring (bicyclic) bond motifs is 1. The third kappa shape index (κ3) is 2.22. The van der Waals surface area contributed by atoms with Crippen molar-refractivity contribution in [2.75, 3.05) is 30.1 Å². The number of carbonyl (C=O) groups is 2. The average molecular weight is 265 g/mol. The van der Waals surface area contributed by atoms with Crippen molar-refractivity contribution >= 4 is 29.1 Å². The highest BCUT2D eigenvalue weighted by Gasteiger charge is 2.35. The minimum atomic E-state index is -0.435. The van der Waals surface area contributed by atoms with Crippen molar-refractivity contribution in [1.29, 1.82) is 0 Å². The van der Waals surface area contributed by atoms with E-state index in [1.807, 2.05) is 0 Å². The molecule has 4 nitrogen and oxygen atoms in total. The van der Waals surface area contributed by atoms with Gasteiger partial charge >= 0.3 is 0 Å². The van der Waals surface area contributed by atoms with Gasteiger partial charge in [-0.05, 0) is 17.9 Å². The van der Waals surface area contributed by atoms with Gasteiger partial charge in [-0.2, -0.15) is 11.8 Å². The maximum atomic E-state index is 11.9. The van der Waals surface area contributed by atoms with E-state index in [4.69, 9.17) is 4.74 Å². The van der Waals surface area contributed by atoms with Crippen LogP contribution in [0.15, 0.2) is 18.2 Å². The van der Waals surface area contributed by atoms with Crippen molar-refractivity contribution in [1.82, 2.24) is 0 Å². The van der Waals surface area contributed by atoms with E-state index in [2.05, 4.69) is 6.92 Å². The van der Waals surface area contributed by atoms with Crippen LogP contribution in [0.2, 0.25) is 0 Å². The quantitative estimate of drug-likeness (QED) is 0.603. The second kappa shape index (κ2) is 5.44. The lowest BCUT2D eigenvalue weighted by atomic mass is 10.1. The highest BCUT2D eigenvalue weighted by molar-refractivity contribution is 7.99. The molecule has 1 aliphatic rings. The van der Waals surface area contributed by atoms with Gasteiger partial charge in [0, 0.05) is 18.4 Å². The van der Waals surface area contributed by atoms with Crippen LogP contribution in [0.5, 0.6) is 5.75 Å². The van der Waals surface area contributed by atoms with Gasteiger partial charge in [0.05, 0.1) is 18.4 Å². The normalized spacial score (nSPS) is 14.0. The van der Waals surface area contributed by atoms with Gasteiger partial charge < -0.3 is 9.64 Å². The summed E-state index contributed by atoms with van der Waals surface area (Å²) < 4.78 is 5.13. The van der Waals surface area contributed by atoms with Crippen LogP contribution in [0.1, 0.15) is 17.3 Å². The molecule has 0 saturated carbocycles. The molecule has 0 atom stereocenters. The number of nitrogens with zero attached hydrogens (tertiary/aromatic N) is 1. The van der Waals surface area contributed by atoms with Crippen molar-refractivity contribution in [2.24, 2.45) is 0 Å². The predicted molar refractivity (Wildman–Crippen MR) is 72.7 cm³/mol. The fraction of sp³-hybridized carbons (Fsp3) is 0.385. The molecule has 1 aromatic rings. The van der Waals surface area contributed by atoms with Crippen molar-refractivity contribution in [3.05, 3.63) is 23.8 Å². The molecule has 18 heavy (non-hydrogen) atoms. The maximum Gasteiger partial charge on any atom is 0.299 e. The largest absolute Gasteiger partial charge is 0.497 e. The zero-order chi connectivity index (χ0) is 13.1. The number of anilines is 1. The molecule has 1 heterocycles.